The maximum atomic E-state index is 13.4. The highest BCUT2D eigenvalue weighted by Gasteiger charge is 2.29. The van der Waals surface area contributed by atoms with Crippen LogP contribution >= 0.6 is 11.6 Å². The first-order valence-electron chi connectivity index (χ1n) is 9.64. The number of carbonyl (C=O) groups is 1. The number of halogens is 1. The molecule has 7 nitrogen and oxygen atoms in total. The van der Waals surface area contributed by atoms with Gasteiger partial charge in [-0.3, -0.25) is 9.78 Å². The van der Waals surface area contributed by atoms with Gasteiger partial charge in [0.2, 0.25) is 0 Å². The van der Waals surface area contributed by atoms with Gasteiger partial charge in [0.05, 0.1) is 28.1 Å². The highest BCUT2D eigenvalue weighted by Crippen LogP contribution is 2.33. The summed E-state index contributed by atoms with van der Waals surface area (Å²) in [5, 5.41) is 14.1. The van der Waals surface area contributed by atoms with E-state index < -0.39 is 0 Å². The van der Waals surface area contributed by atoms with E-state index in [0.29, 0.717) is 25.3 Å². The van der Waals surface area contributed by atoms with E-state index in [4.69, 9.17) is 16.3 Å². The molecule has 0 N–H and O–H groups in total. The average molecular weight is 422 g/mol. The van der Waals surface area contributed by atoms with Gasteiger partial charge < -0.3 is 9.64 Å². The molecular formula is C22H20ClN5O2. The van der Waals surface area contributed by atoms with Gasteiger partial charge in [0.25, 0.3) is 5.91 Å². The molecule has 30 heavy (non-hydrogen) atoms. The maximum Gasteiger partial charge on any atom is 0.259 e. The zero-order chi connectivity index (χ0) is 21.3. The van der Waals surface area contributed by atoms with Crippen LogP contribution in [0, 0.1) is 11.3 Å². The number of aromatic nitrogens is 3. The summed E-state index contributed by atoms with van der Waals surface area (Å²) in [5.41, 5.74) is 3.33. The minimum Gasteiger partial charge on any atom is -0.490 e. The lowest BCUT2D eigenvalue weighted by molar-refractivity contribution is 0.0728. The van der Waals surface area contributed by atoms with Gasteiger partial charge in [-0.1, -0.05) is 11.6 Å². The van der Waals surface area contributed by atoms with Gasteiger partial charge in [-0.2, -0.15) is 10.4 Å². The zero-order valence-electron chi connectivity index (χ0n) is 16.7. The number of rotatable bonds is 4. The Morgan fingerprint density at radius 2 is 2.03 bits per heavy atom. The van der Waals surface area contributed by atoms with E-state index in [1.807, 2.05) is 38.2 Å². The number of nitrogens with zero attached hydrogens (tertiary/aromatic N) is 5. The SMILES string of the molecule is CC(C)Oc1ccc(C#N)c(Cl)c1C(=O)N1CCc2nn(-c3ccncc3)cc2C1. The number of carbonyl (C=O) groups excluding carboxylic acids is 1. The van der Waals surface area contributed by atoms with Crippen LogP contribution in [0.2, 0.25) is 5.02 Å². The Morgan fingerprint density at radius 3 is 2.73 bits per heavy atom. The van der Waals surface area contributed by atoms with Gasteiger partial charge in [0.15, 0.2) is 0 Å². The van der Waals surface area contributed by atoms with Crippen molar-refractivity contribution in [2.45, 2.75) is 32.9 Å². The van der Waals surface area contributed by atoms with Crippen molar-refractivity contribution in [2.75, 3.05) is 6.54 Å². The van der Waals surface area contributed by atoms with Gasteiger partial charge in [0, 0.05) is 43.7 Å². The molecule has 0 saturated heterocycles. The average Bonchev–Trinajstić information content (AvgIpc) is 3.17. The molecule has 3 heterocycles. The Labute approximate surface area is 179 Å². The summed E-state index contributed by atoms with van der Waals surface area (Å²) in [6.45, 7) is 4.67. The van der Waals surface area contributed by atoms with E-state index in [0.717, 1.165) is 16.9 Å². The number of fused-ring (bicyclic) bond motifs is 1. The van der Waals surface area contributed by atoms with E-state index in [1.54, 1.807) is 34.1 Å². The third-order valence-corrected chi connectivity index (χ3v) is 5.26. The smallest absolute Gasteiger partial charge is 0.259 e. The molecule has 4 rings (SSSR count). The first kappa shape index (κ1) is 19.9. The predicted octanol–water partition coefficient (Wildman–Crippen LogP) is 3.78. The molecule has 0 saturated carbocycles. The molecule has 1 amide bonds. The second kappa shape index (κ2) is 8.17. The van der Waals surface area contributed by atoms with Crippen molar-refractivity contribution in [3.05, 3.63) is 70.3 Å². The van der Waals surface area contributed by atoms with E-state index in [1.165, 1.54) is 0 Å². The molecule has 0 radical (unpaired) electrons. The van der Waals surface area contributed by atoms with Crippen molar-refractivity contribution in [2.24, 2.45) is 0 Å². The molecule has 0 fully saturated rings. The molecule has 0 aliphatic carbocycles. The van der Waals surface area contributed by atoms with E-state index in [-0.39, 0.29) is 28.2 Å². The monoisotopic (exact) mass is 421 g/mol. The van der Waals surface area contributed by atoms with E-state index in [9.17, 15) is 10.1 Å². The van der Waals surface area contributed by atoms with Crippen molar-refractivity contribution in [3.63, 3.8) is 0 Å². The minimum absolute atomic E-state index is 0.124. The summed E-state index contributed by atoms with van der Waals surface area (Å²) in [6.07, 6.45) is 5.86. The van der Waals surface area contributed by atoms with Crippen molar-refractivity contribution >= 4 is 17.5 Å². The van der Waals surface area contributed by atoms with Crippen LogP contribution in [0.25, 0.3) is 5.69 Å². The lowest BCUT2D eigenvalue weighted by Gasteiger charge is -2.27. The molecule has 0 bridgehead atoms. The fourth-order valence-corrected chi connectivity index (χ4v) is 3.75. The summed E-state index contributed by atoms with van der Waals surface area (Å²) in [6, 6.07) is 9.00. The first-order valence-corrected chi connectivity index (χ1v) is 10.0. The number of nitriles is 1. The second-order valence-electron chi connectivity index (χ2n) is 7.31. The summed E-state index contributed by atoms with van der Waals surface area (Å²) in [5.74, 6) is 0.132. The molecule has 0 unspecified atom stereocenters. The standard InChI is InChI=1S/C22H20ClN5O2/c1-14(2)30-19-4-3-15(11-24)21(23)20(19)22(29)27-10-7-18-16(12-27)13-28(26-18)17-5-8-25-9-6-17/h3-6,8-9,13-14H,7,10,12H2,1-2H3. The fraction of sp³-hybridized carbons (Fsp3) is 0.273. The Kier molecular flexibility index (Phi) is 5.42. The summed E-state index contributed by atoms with van der Waals surface area (Å²) < 4.78 is 7.61. The minimum atomic E-state index is -0.255. The molecule has 8 heteroatoms. The highest BCUT2D eigenvalue weighted by molar-refractivity contribution is 6.35. The van der Waals surface area contributed by atoms with Gasteiger partial charge in [-0.15, -0.1) is 0 Å². The van der Waals surface area contributed by atoms with Gasteiger partial charge in [-0.25, -0.2) is 4.68 Å². The number of ether oxygens (including phenoxy) is 1. The Bertz CT molecular complexity index is 1130. The molecule has 0 atom stereocenters. The molecule has 0 spiro atoms. The van der Waals surface area contributed by atoms with E-state index >= 15 is 0 Å². The fourth-order valence-electron chi connectivity index (χ4n) is 3.47. The van der Waals surface area contributed by atoms with Crippen molar-refractivity contribution < 1.29 is 9.53 Å². The number of benzene rings is 1. The summed E-state index contributed by atoms with van der Waals surface area (Å²) in [4.78, 5) is 19.1. The number of hydrogen-bond donors (Lipinski definition) is 0. The van der Waals surface area contributed by atoms with Crippen LogP contribution in [0.3, 0.4) is 0 Å². The molecule has 3 aromatic rings. The number of amides is 1. The lowest BCUT2D eigenvalue weighted by Crippen LogP contribution is -2.36. The predicted molar refractivity (Wildman–Crippen MR) is 112 cm³/mol. The number of pyridine rings is 1. The van der Waals surface area contributed by atoms with Crippen LogP contribution in [0.5, 0.6) is 5.75 Å². The van der Waals surface area contributed by atoms with Crippen LogP contribution in [0.15, 0.2) is 42.9 Å². The quantitative estimate of drug-likeness (QED) is 0.640. The summed E-state index contributed by atoms with van der Waals surface area (Å²) in [7, 11) is 0. The van der Waals surface area contributed by atoms with Gasteiger partial charge >= 0.3 is 0 Å². The molecule has 2 aromatic heterocycles. The third kappa shape index (κ3) is 3.74. The molecule has 1 aliphatic heterocycles. The van der Waals surface area contributed by atoms with Crippen molar-refractivity contribution in [1.29, 1.82) is 5.26 Å². The van der Waals surface area contributed by atoms with Crippen LogP contribution in [0.1, 0.15) is 41.0 Å². The van der Waals surface area contributed by atoms with Gasteiger partial charge in [-0.05, 0) is 38.1 Å². The number of hydrogen-bond acceptors (Lipinski definition) is 5. The summed E-state index contributed by atoms with van der Waals surface area (Å²) >= 11 is 6.42. The topological polar surface area (TPSA) is 84.0 Å². The molecular weight excluding hydrogens is 402 g/mol. The normalized spacial score (nSPS) is 13.1. The van der Waals surface area contributed by atoms with Crippen LogP contribution in [-0.2, 0) is 13.0 Å². The van der Waals surface area contributed by atoms with Crippen molar-refractivity contribution in [1.82, 2.24) is 19.7 Å². The van der Waals surface area contributed by atoms with Crippen LogP contribution < -0.4 is 4.74 Å². The maximum absolute atomic E-state index is 13.4. The zero-order valence-corrected chi connectivity index (χ0v) is 17.4. The molecule has 1 aromatic carbocycles. The second-order valence-corrected chi connectivity index (χ2v) is 7.68. The highest BCUT2D eigenvalue weighted by atomic mass is 35.5. The molecule has 1 aliphatic rings. The third-order valence-electron chi connectivity index (χ3n) is 4.87. The van der Waals surface area contributed by atoms with Crippen LogP contribution in [-0.4, -0.2) is 38.2 Å². The lowest BCUT2D eigenvalue weighted by atomic mass is 10.0. The molecule has 152 valence electrons. The Hall–Kier alpha value is -3.37. The van der Waals surface area contributed by atoms with E-state index in [2.05, 4.69) is 10.1 Å². The Morgan fingerprint density at radius 1 is 1.27 bits per heavy atom. The van der Waals surface area contributed by atoms with Crippen molar-refractivity contribution in [3.8, 4) is 17.5 Å². The van der Waals surface area contributed by atoms with Crippen LogP contribution in [0.4, 0.5) is 0 Å². The Balaban J connectivity index is 1.65. The largest absolute Gasteiger partial charge is 0.490 e. The first-order chi connectivity index (χ1) is 14.5. The van der Waals surface area contributed by atoms with Gasteiger partial charge in [0.1, 0.15) is 17.4 Å².